The standard InChI is InChI=1S/C12H16N4O/c1-2-11-14-12(17-15-11)7-16-8-13-9-5-3-4-6-10(9)16/h8H,2-7H2,1H3. The van der Waals surface area contributed by atoms with Crippen LogP contribution in [0.4, 0.5) is 0 Å². The second-order valence-electron chi connectivity index (χ2n) is 4.43. The van der Waals surface area contributed by atoms with Crippen molar-refractivity contribution in [3.8, 4) is 0 Å². The van der Waals surface area contributed by atoms with Crippen molar-refractivity contribution < 1.29 is 4.52 Å². The molecule has 17 heavy (non-hydrogen) atoms. The Balaban J connectivity index is 1.82. The van der Waals surface area contributed by atoms with Gasteiger partial charge in [0.05, 0.1) is 12.0 Å². The van der Waals surface area contributed by atoms with E-state index in [1.165, 1.54) is 24.2 Å². The first kappa shape index (κ1) is 10.5. The van der Waals surface area contributed by atoms with Crippen LogP contribution in [0.15, 0.2) is 10.9 Å². The van der Waals surface area contributed by atoms with Crippen LogP contribution in [-0.2, 0) is 25.8 Å². The molecule has 0 unspecified atom stereocenters. The lowest BCUT2D eigenvalue weighted by Crippen LogP contribution is -2.09. The SMILES string of the molecule is CCc1noc(Cn2cnc3c2CCCC3)n1. The van der Waals surface area contributed by atoms with Gasteiger partial charge in [0, 0.05) is 12.1 Å². The third-order valence-electron chi connectivity index (χ3n) is 3.24. The molecule has 0 aliphatic heterocycles. The minimum absolute atomic E-state index is 0.648. The minimum Gasteiger partial charge on any atom is -0.337 e. The van der Waals surface area contributed by atoms with E-state index < -0.39 is 0 Å². The Kier molecular flexibility index (Phi) is 2.66. The van der Waals surface area contributed by atoms with Gasteiger partial charge in [-0.2, -0.15) is 4.98 Å². The van der Waals surface area contributed by atoms with Crippen molar-refractivity contribution in [2.24, 2.45) is 0 Å². The Morgan fingerprint density at radius 2 is 2.24 bits per heavy atom. The molecule has 5 nitrogen and oxygen atoms in total. The van der Waals surface area contributed by atoms with Gasteiger partial charge in [-0.3, -0.25) is 0 Å². The highest BCUT2D eigenvalue weighted by atomic mass is 16.5. The largest absolute Gasteiger partial charge is 0.337 e. The Hall–Kier alpha value is -1.65. The Morgan fingerprint density at radius 1 is 1.35 bits per heavy atom. The van der Waals surface area contributed by atoms with Crippen molar-refractivity contribution in [1.82, 2.24) is 19.7 Å². The van der Waals surface area contributed by atoms with Gasteiger partial charge in [0.1, 0.15) is 6.54 Å². The van der Waals surface area contributed by atoms with E-state index in [0.29, 0.717) is 12.4 Å². The molecule has 0 amide bonds. The number of nitrogens with zero attached hydrogens (tertiary/aromatic N) is 4. The first-order valence-corrected chi connectivity index (χ1v) is 6.21. The summed E-state index contributed by atoms with van der Waals surface area (Å²) in [6.45, 7) is 2.67. The van der Waals surface area contributed by atoms with Gasteiger partial charge < -0.3 is 9.09 Å². The number of rotatable bonds is 3. The van der Waals surface area contributed by atoms with Crippen LogP contribution in [0, 0.1) is 0 Å². The average Bonchev–Trinajstić information content (AvgIpc) is 2.97. The van der Waals surface area contributed by atoms with Crippen molar-refractivity contribution >= 4 is 0 Å². The van der Waals surface area contributed by atoms with Crippen molar-refractivity contribution in [3.63, 3.8) is 0 Å². The molecule has 0 bridgehead atoms. The van der Waals surface area contributed by atoms with Crippen LogP contribution in [-0.4, -0.2) is 19.7 Å². The van der Waals surface area contributed by atoms with Gasteiger partial charge in [0.2, 0.25) is 5.89 Å². The predicted octanol–water partition coefficient (Wildman–Crippen LogP) is 1.76. The molecule has 1 aliphatic rings. The molecule has 0 radical (unpaired) electrons. The number of fused-ring (bicyclic) bond motifs is 1. The topological polar surface area (TPSA) is 56.7 Å². The van der Waals surface area contributed by atoms with E-state index in [-0.39, 0.29) is 0 Å². The molecule has 0 N–H and O–H groups in total. The summed E-state index contributed by atoms with van der Waals surface area (Å²) in [7, 11) is 0. The second-order valence-corrected chi connectivity index (χ2v) is 4.43. The third-order valence-corrected chi connectivity index (χ3v) is 3.24. The first-order valence-electron chi connectivity index (χ1n) is 6.21. The minimum atomic E-state index is 0.648. The van der Waals surface area contributed by atoms with E-state index >= 15 is 0 Å². The van der Waals surface area contributed by atoms with Crippen molar-refractivity contribution in [2.75, 3.05) is 0 Å². The fraction of sp³-hybridized carbons (Fsp3) is 0.583. The highest BCUT2D eigenvalue weighted by Crippen LogP contribution is 2.20. The molecule has 2 heterocycles. The molecule has 3 rings (SSSR count). The van der Waals surface area contributed by atoms with E-state index in [1.54, 1.807) is 0 Å². The summed E-state index contributed by atoms with van der Waals surface area (Å²) in [6, 6.07) is 0. The maximum atomic E-state index is 5.21. The van der Waals surface area contributed by atoms with Crippen LogP contribution >= 0.6 is 0 Å². The van der Waals surface area contributed by atoms with Crippen molar-refractivity contribution in [1.29, 1.82) is 0 Å². The Bertz CT molecular complexity index is 514. The number of hydrogen-bond donors (Lipinski definition) is 0. The molecule has 0 fully saturated rings. The molecule has 0 saturated carbocycles. The first-order chi connectivity index (χ1) is 8.36. The lowest BCUT2D eigenvalue weighted by Gasteiger charge is -2.12. The van der Waals surface area contributed by atoms with Crippen LogP contribution < -0.4 is 0 Å². The fourth-order valence-electron chi connectivity index (χ4n) is 2.31. The zero-order chi connectivity index (χ0) is 11.7. The molecular formula is C12H16N4O. The lowest BCUT2D eigenvalue weighted by atomic mass is 10.0. The van der Waals surface area contributed by atoms with Gasteiger partial charge >= 0.3 is 0 Å². The number of imidazole rings is 1. The van der Waals surface area contributed by atoms with E-state index in [1.807, 2.05) is 13.3 Å². The molecule has 0 spiro atoms. The lowest BCUT2D eigenvalue weighted by molar-refractivity contribution is 0.364. The van der Waals surface area contributed by atoms with Crippen molar-refractivity contribution in [3.05, 3.63) is 29.4 Å². The summed E-state index contributed by atoms with van der Waals surface area (Å²) >= 11 is 0. The quantitative estimate of drug-likeness (QED) is 0.809. The smallest absolute Gasteiger partial charge is 0.246 e. The molecule has 90 valence electrons. The van der Waals surface area contributed by atoms with E-state index in [2.05, 4.69) is 19.7 Å². The molecule has 2 aromatic rings. The average molecular weight is 232 g/mol. The molecule has 1 aliphatic carbocycles. The van der Waals surface area contributed by atoms with Gasteiger partial charge in [0.15, 0.2) is 5.82 Å². The highest BCUT2D eigenvalue weighted by Gasteiger charge is 2.16. The number of aromatic nitrogens is 4. The summed E-state index contributed by atoms with van der Waals surface area (Å²) in [5.41, 5.74) is 2.58. The van der Waals surface area contributed by atoms with Gasteiger partial charge in [-0.25, -0.2) is 4.98 Å². The van der Waals surface area contributed by atoms with Crippen LogP contribution in [0.2, 0.25) is 0 Å². The monoisotopic (exact) mass is 232 g/mol. The summed E-state index contributed by atoms with van der Waals surface area (Å²) in [6.07, 6.45) is 7.43. The summed E-state index contributed by atoms with van der Waals surface area (Å²) in [4.78, 5) is 8.78. The van der Waals surface area contributed by atoms with Gasteiger partial charge in [0.25, 0.3) is 0 Å². The molecule has 0 saturated heterocycles. The summed E-state index contributed by atoms with van der Waals surface area (Å²) in [5, 5.41) is 3.91. The Morgan fingerprint density at radius 3 is 3.06 bits per heavy atom. The molecule has 0 aromatic carbocycles. The molecule has 5 heteroatoms. The maximum absolute atomic E-state index is 5.21. The Labute approximate surface area is 99.9 Å². The predicted molar refractivity (Wildman–Crippen MR) is 61.6 cm³/mol. The summed E-state index contributed by atoms with van der Waals surface area (Å²) < 4.78 is 7.35. The zero-order valence-electron chi connectivity index (χ0n) is 10.0. The van der Waals surface area contributed by atoms with Gasteiger partial charge in [-0.05, 0) is 25.7 Å². The third kappa shape index (κ3) is 1.97. The van der Waals surface area contributed by atoms with E-state index in [0.717, 1.165) is 25.1 Å². The van der Waals surface area contributed by atoms with Crippen LogP contribution in [0.25, 0.3) is 0 Å². The number of aryl methyl sites for hydroxylation is 2. The van der Waals surface area contributed by atoms with Gasteiger partial charge in [-0.1, -0.05) is 12.1 Å². The second kappa shape index (κ2) is 4.31. The number of hydrogen-bond acceptors (Lipinski definition) is 4. The summed E-state index contributed by atoms with van der Waals surface area (Å²) in [5.74, 6) is 1.45. The normalized spacial score (nSPS) is 14.9. The fourth-order valence-corrected chi connectivity index (χ4v) is 2.31. The molecule has 2 aromatic heterocycles. The molecular weight excluding hydrogens is 216 g/mol. The van der Waals surface area contributed by atoms with E-state index in [9.17, 15) is 0 Å². The van der Waals surface area contributed by atoms with Crippen LogP contribution in [0.3, 0.4) is 0 Å². The maximum Gasteiger partial charge on any atom is 0.246 e. The zero-order valence-corrected chi connectivity index (χ0v) is 10.0. The van der Waals surface area contributed by atoms with Crippen molar-refractivity contribution in [2.45, 2.75) is 45.6 Å². The molecule has 0 atom stereocenters. The van der Waals surface area contributed by atoms with Crippen LogP contribution in [0.1, 0.15) is 42.9 Å². The van der Waals surface area contributed by atoms with Gasteiger partial charge in [-0.15, -0.1) is 0 Å². The van der Waals surface area contributed by atoms with Crippen LogP contribution in [0.5, 0.6) is 0 Å². The van der Waals surface area contributed by atoms with E-state index in [4.69, 9.17) is 4.52 Å². The highest BCUT2D eigenvalue weighted by molar-refractivity contribution is 5.16.